The van der Waals surface area contributed by atoms with Gasteiger partial charge in [-0.05, 0) is 18.8 Å². The van der Waals surface area contributed by atoms with Crippen LogP contribution >= 0.6 is 0 Å². The Bertz CT molecular complexity index is 278. The van der Waals surface area contributed by atoms with Crippen molar-refractivity contribution in [2.24, 2.45) is 5.92 Å². The van der Waals surface area contributed by atoms with E-state index < -0.39 is 0 Å². The summed E-state index contributed by atoms with van der Waals surface area (Å²) in [6.07, 6.45) is 11.7. The second-order valence-electron chi connectivity index (χ2n) is 4.66. The molecule has 0 amide bonds. The largest absolute Gasteiger partial charge is 0.335 e. The molecule has 1 unspecified atom stereocenters. The minimum Gasteiger partial charge on any atom is -0.335 e. The van der Waals surface area contributed by atoms with Crippen LogP contribution in [0.4, 0.5) is 0 Å². The molecule has 1 heterocycles. The van der Waals surface area contributed by atoms with Crippen molar-refractivity contribution in [1.29, 1.82) is 0 Å². The fourth-order valence-corrected chi connectivity index (χ4v) is 2.15. The summed E-state index contributed by atoms with van der Waals surface area (Å²) in [5.41, 5.74) is 0. The first kappa shape index (κ1) is 13.3. The predicted octanol–water partition coefficient (Wildman–Crippen LogP) is 4.05. The molecular weight excluding hydrogens is 196 g/mol. The SMILES string of the molecule is CCCCC(CC)Cn1ccnc1CCC. The van der Waals surface area contributed by atoms with Gasteiger partial charge in [-0.2, -0.15) is 0 Å². The van der Waals surface area contributed by atoms with Crippen LogP contribution < -0.4 is 0 Å². The van der Waals surface area contributed by atoms with E-state index in [0.717, 1.165) is 18.9 Å². The zero-order valence-corrected chi connectivity index (χ0v) is 11.1. The standard InChI is InChI=1S/C14H26N2/c1-4-7-9-13(6-3)12-16-11-10-15-14(16)8-5-2/h10-11,13H,4-9,12H2,1-3H3. The number of unbranched alkanes of at least 4 members (excludes halogenated alkanes) is 1. The highest BCUT2D eigenvalue weighted by Crippen LogP contribution is 2.16. The van der Waals surface area contributed by atoms with Crippen LogP contribution in [0.3, 0.4) is 0 Å². The summed E-state index contributed by atoms with van der Waals surface area (Å²) in [6.45, 7) is 7.95. The summed E-state index contributed by atoms with van der Waals surface area (Å²) >= 11 is 0. The molecule has 0 saturated carbocycles. The van der Waals surface area contributed by atoms with Gasteiger partial charge in [0, 0.05) is 25.4 Å². The molecule has 1 aromatic heterocycles. The minimum atomic E-state index is 0.824. The molecule has 0 radical (unpaired) electrons. The van der Waals surface area contributed by atoms with Gasteiger partial charge in [0.05, 0.1) is 0 Å². The number of nitrogens with zero attached hydrogens (tertiary/aromatic N) is 2. The fraction of sp³-hybridized carbons (Fsp3) is 0.786. The monoisotopic (exact) mass is 222 g/mol. The second-order valence-corrected chi connectivity index (χ2v) is 4.66. The van der Waals surface area contributed by atoms with Gasteiger partial charge >= 0.3 is 0 Å². The van der Waals surface area contributed by atoms with Gasteiger partial charge in [-0.1, -0.05) is 40.0 Å². The molecule has 0 aliphatic heterocycles. The Morgan fingerprint density at radius 3 is 2.69 bits per heavy atom. The normalized spacial score (nSPS) is 12.9. The van der Waals surface area contributed by atoms with E-state index in [4.69, 9.17) is 0 Å². The number of rotatable bonds is 8. The van der Waals surface area contributed by atoms with Gasteiger partial charge in [-0.15, -0.1) is 0 Å². The number of hydrogen-bond donors (Lipinski definition) is 0. The molecule has 0 fully saturated rings. The molecule has 1 aromatic rings. The maximum absolute atomic E-state index is 4.44. The molecule has 92 valence electrons. The van der Waals surface area contributed by atoms with E-state index in [1.807, 2.05) is 6.20 Å². The number of aromatic nitrogens is 2. The zero-order valence-electron chi connectivity index (χ0n) is 11.1. The lowest BCUT2D eigenvalue weighted by Crippen LogP contribution is -2.12. The van der Waals surface area contributed by atoms with Crippen molar-refractivity contribution in [3.63, 3.8) is 0 Å². The van der Waals surface area contributed by atoms with Crippen molar-refractivity contribution in [1.82, 2.24) is 9.55 Å². The maximum atomic E-state index is 4.44. The van der Waals surface area contributed by atoms with Gasteiger partial charge in [0.15, 0.2) is 0 Å². The first-order chi connectivity index (χ1) is 7.81. The van der Waals surface area contributed by atoms with Gasteiger partial charge in [-0.3, -0.25) is 0 Å². The summed E-state index contributed by atoms with van der Waals surface area (Å²) in [6, 6.07) is 0. The third-order valence-electron chi connectivity index (χ3n) is 3.27. The average molecular weight is 222 g/mol. The molecule has 0 saturated heterocycles. The Morgan fingerprint density at radius 2 is 2.06 bits per heavy atom. The van der Waals surface area contributed by atoms with Crippen molar-refractivity contribution in [2.75, 3.05) is 0 Å². The molecular formula is C14H26N2. The molecule has 16 heavy (non-hydrogen) atoms. The van der Waals surface area contributed by atoms with E-state index in [1.54, 1.807) is 0 Å². The second kappa shape index (κ2) is 7.48. The van der Waals surface area contributed by atoms with Crippen LogP contribution in [0.15, 0.2) is 12.4 Å². The van der Waals surface area contributed by atoms with Crippen LogP contribution in [0.5, 0.6) is 0 Å². The van der Waals surface area contributed by atoms with Gasteiger partial charge < -0.3 is 4.57 Å². The first-order valence-electron chi connectivity index (χ1n) is 6.81. The molecule has 0 aliphatic rings. The Morgan fingerprint density at radius 1 is 1.25 bits per heavy atom. The van der Waals surface area contributed by atoms with Crippen LogP contribution in [-0.2, 0) is 13.0 Å². The van der Waals surface area contributed by atoms with E-state index >= 15 is 0 Å². The van der Waals surface area contributed by atoms with E-state index in [-0.39, 0.29) is 0 Å². The predicted molar refractivity (Wildman–Crippen MR) is 69.5 cm³/mol. The maximum Gasteiger partial charge on any atom is 0.108 e. The summed E-state index contributed by atoms with van der Waals surface area (Å²) in [5.74, 6) is 2.09. The molecule has 1 atom stereocenters. The van der Waals surface area contributed by atoms with E-state index in [9.17, 15) is 0 Å². The highest BCUT2D eigenvalue weighted by atomic mass is 15.1. The van der Waals surface area contributed by atoms with Gasteiger partial charge in [0.1, 0.15) is 5.82 Å². The lowest BCUT2D eigenvalue weighted by molar-refractivity contribution is 0.384. The van der Waals surface area contributed by atoms with Crippen molar-refractivity contribution >= 4 is 0 Å². The van der Waals surface area contributed by atoms with E-state index in [1.165, 1.54) is 37.9 Å². The molecule has 2 heteroatoms. The number of hydrogen-bond acceptors (Lipinski definition) is 1. The van der Waals surface area contributed by atoms with Crippen LogP contribution in [0, 0.1) is 5.92 Å². The Hall–Kier alpha value is -0.790. The van der Waals surface area contributed by atoms with Crippen LogP contribution in [0.2, 0.25) is 0 Å². The molecule has 0 spiro atoms. The molecule has 0 aliphatic carbocycles. The molecule has 1 rings (SSSR count). The third kappa shape index (κ3) is 3.99. The Balaban J connectivity index is 2.51. The lowest BCUT2D eigenvalue weighted by atomic mass is 9.99. The molecule has 2 nitrogen and oxygen atoms in total. The topological polar surface area (TPSA) is 17.8 Å². The number of aryl methyl sites for hydroxylation is 1. The smallest absolute Gasteiger partial charge is 0.108 e. The lowest BCUT2D eigenvalue weighted by Gasteiger charge is -2.16. The van der Waals surface area contributed by atoms with Crippen LogP contribution in [0.25, 0.3) is 0 Å². The Kier molecular flexibility index (Phi) is 6.20. The average Bonchev–Trinajstić information content (AvgIpc) is 2.72. The van der Waals surface area contributed by atoms with E-state index in [2.05, 4.69) is 36.5 Å². The molecule has 0 N–H and O–H groups in total. The Labute approximate surface area is 100 Å². The third-order valence-corrected chi connectivity index (χ3v) is 3.27. The van der Waals surface area contributed by atoms with Crippen molar-refractivity contribution in [3.8, 4) is 0 Å². The summed E-state index contributed by atoms with van der Waals surface area (Å²) in [5, 5.41) is 0. The van der Waals surface area contributed by atoms with Crippen LogP contribution in [-0.4, -0.2) is 9.55 Å². The first-order valence-corrected chi connectivity index (χ1v) is 6.81. The van der Waals surface area contributed by atoms with Gasteiger partial charge in [-0.25, -0.2) is 4.98 Å². The molecule has 0 aromatic carbocycles. The van der Waals surface area contributed by atoms with Crippen molar-refractivity contribution < 1.29 is 0 Å². The quantitative estimate of drug-likeness (QED) is 0.649. The fourth-order valence-electron chi connectivity index (χ4n) is 2.15. The van der Waals surface area contributed by atoms with Gasteiger partial charge in [0.2, 0.25) is 0 Å². The molecule has 0 bridgehead atoms. The summed E-state index contributed by atoms with van der Waals surface area (Å²) in [4.78, 5) is 4.44. The van der Waals surface area contributed by atoms with Crippen molar-refractivity contribution in [3.05, 3.63) is 18.2 Å². The summed E-state index contributed by atoms with van der Waals surface area (Å²) < 4.78 is 2.35. The summed E-state index contributed by atoms with van der Waals surface area (Å²) in [7, 11) is 0. The van der Waals surface area contributed by atoms with Crippen molar-refractivity contribution in [2.45, 2.75) is 65.8 Å². The van der Waals surface area contributed by atoms with Crippen LogP contribution in [0.1, 0.15) is 58.7 Å². The minimum absolute atomic E-state index is 0.824. The highest BCUT2D eigenvalue weighted by molar-refractivity contribution is 4.92. The van der Waals surface area contributed by atoms with E-state index in [0.29, 0.717) is 0 Å². The zero-order chi connectivity index (χ0) is 11.8. The number of imidazole rings is 1. The van der Waals surface area contributed by atoms with Gasteiger partial charge in [0.25, 0.3) is 0 Å². The highest BCUT2D eigenvalue weighted by Gasteiger charge is 2.09.